The molecule has 0 bridgehead atoms. The molecule has 2 rings (SSSR count). The maximum Gasteiger partial charge on any atom is 0.232 e. The lowest BCUT2D eigenvalue weighted by molar-refractivity contribution is -0.127. The number of benzene rings is 1. The van der Waals surface area contributed by atoms with E-state index in [0.29, 0.717) is 17.1 Å². The average molecular weight is 342 g/mol. The Labute approximate surface area is 125 Å². The number of amides is 1. The largest absolute Gasteiger partial charge is 0.342 e. The second-order valence-corrected chi connectivity index (χ2v) is 6.42. The normalized spacial score (nSPS) is 14.7. The minimum Gasteiger partial charge on any atom is -0.342 e. The summed E-state index contributed by atoms with van der Waals surface area (Å²) in [6.07, 6.45) is 2.21. The van der Waals surface area contributed by atoms with Crippen molar-refractivity contribution in [2.45, 2.75) is 12.8 Å². The van der Waals surface area contributed by atoms with Gasteiger partial charge in [-0.15, -0.1) is 11.8 Å². The zero-order valence-corrected chi connectivity index (χ0v) is 13.0. The van der Waals surface area contributed by atoms with Gasteiger partial charge in [-0.25, -0.2) is 0 Å². The molecular weight excluding hydrogens is 326 g/mol. The summed E-state index contributed by atoms with van der Waals surface area (Å²) in [6.45, 7) is 1.75. The molecule has 0 aromatic heterocycles. The van der Waals surface area contributed by atoms with E-state index in [1.54, 1.807) is 6.07 Å². The number of likely N-dealkylation sites (tertiary alicyclic amines) is 1. The van der Waals surface area contributed by atoms with Crippen molar-refractivity contribution in [3.05, 3.63) is 34.3 Å². The van der Waals surface area contributed by atoms with E-state index in [9.17, 15) is 9.59 Å². The third-order valence-electron chi connectivity index (χ3n) is 3.06. The molecule has 0 atom stereocenters. The molecule has 0 saturated carbocycles. The molecule has 19 heavy (non-hydrogen) atoms. The predicted octanol–water partition coefficient (Wildman–Crippen LogP) is 2.99. The zero-order chi connectivity index (χ0) is 13.7. The Morgan fingerprint density at radius 2 is 1.95 bits per heavy atom. The maximum atomic E-state index is 11.9. The summed E-state index contributed by atoms with van der Waals surface area (Å²) in [4.78, 5) is 25.6. The molecule has 5 heteroatoms. The van der Waals surface area contributed by atoms with Crippen molar-refractivity contribution in [1.29, 1.82) is 0 Å². The molecule has 1 aromatic rings. The van der Waals surface area contributed by atoms with E-state index >= 15 is 0 Å². The summed E-state index contributed by atoms with van der Waals surface area (Å²) < 4.78 is 0.900. The summed E-state index contributed by atoms with van der Waals surface area (Å²) in [7, 11) is 0. The van der Waals surface area contributed by atoms with Gasteiger partial charge in [0, 0.05) is 23.1 Å². The second-order valence-electron chi connectivity index (χ2n) is 4.51. The third-order valence-corrected chi connectivity index (χ3v) is 4.47. The number of ketones is 1. The number of halogens is 1. The summed E-state index contributed by atoms with van der Waals surface area (Å²) in [5, 5.41) is 0. The van der Waals surface area contributed by atoms with Crippen molar-refractivity contribution in [3.63, 3.8) is 0 Å². The summed E-state index contributed by atoms with van der Waals surface area (Å²) in [6, 6.07) is 7.35. The van der Waals surface area contributed by atoms with E-state index in [2.05, 4.69) is 15.9 Å². The van der Waals surface area contributed by atoms with Gasteiger partial charge in [-0.05, 0) is 25.0 Å². The number of hydrogen-bond donors (Lipinski definition) is 0. The van der Waals surface area contributed by atoms with Gasteiger partial charge in [0.1, 0.15) is 0 Å². The molecule has 1 heterocycles. The van der Waals surface area contributed by atoms with E-state index in [0.717, 1.165) is 30.4 Å². The van der Waals surface area contributed by atoms with Crippen molar-refractivity contribution in [3.8, 4) is 0 Å². The molecular formula is C14H16BrNO2S. The van der Waals surface area contributed by atoms with Gasteiger partial charge in [-0.1, -0.05) is 28.1 Å². The fourth-order valence-electron chi connectivity index (χ4n) is 2.03. The number of carbonyl (C=O) groups excluding carboxylic acids is 2. The van der Waals surface area contributed by atoms with E-state index in [1.165, 1.54) is 11.8 Å². The van der Waals surface area contributed by atoms with Crippen LogP contribution in [0, 0.1) is 0 Å². The lowest BCUT2D eigenvalue weighted by atomic mass is 10.2. The van der Waals surface area contributed by atoms with E-state index in [-0.39, 0.29) is 11.7 Å². The Bertz CT molecular complexity index is 472. The predicted molar refractivity (Wildman–Crippen MR) is 81.6 cm³/mol. The van der Waals surface area contributed by atoms with Gasteiger partial charge in [-0.3, -0.25) is 9.59 Å². The van der Waals surface area contributed by atoms with Crippen LogP contribution in [-0.4, -0.2) is 41.2 Å². The first-order valence-electron chi connectivity index (χ1n) is 6.31. The number of thioether (sulfide) groups is 1. The average Bonchev–Trinajstić information content (AvgIpc) is 2.92. The Balaban J connectivity index is 1.76. The number of Topliss-reactive ketones (excluding diaryl/α,β-unsaturated/α-hetero) is 1. The molecule has 0 aliphatic carbocycles. The Morgan fingerprint density at radius 1 is 1.21 bits per heavy atom. The van der Waals surface area contributed by atoms with Crippen LogP contribution in [0.15, 0.2) is 28.7 Å². The quantitative estimate of drug-likeness (QED) is 0.772. The number of rotatable bonds is 5. The molecule has 1 saturated heterocycles. The van der Waals surface area contributed by atoms with Gasteiger partial charge in [0.15, 0.2) is 5.78 Å². The minimum atomic E-state index is 0.0699. The molecule has 1 fully saturated rings. The van der Waals surface area contributed by atoms with E-state index in [1.807, 2.05) is 23.1 Å². The molecule has 0 N–H and O–H groups in total. The second kappa shape index (κ2) is 7.10. The van der Waals surface area contributed by atoms with Crippen LogP contribution in [0.2, 0.25) is 0 Å². The van der Waals surface area contributed by atoms with Gasteiger partial charge in [0.2, 0.25) is 5.91 Å². The molecule has 1 amide bonds. The first-order valence-corrected chi connectivity index (χ1v) is 8.26. The van der Waals surface area contributed by atoms with Crippen LogP contribution >= 0.6 is 27.7 Å². The molecule has 0 radical (unpaired) electrons. The molecule has 102 valence electrons. The van der Waals surface area contributed by atoms with E-state index in [4.69, 9.17) is 0 Å². The Kier molecular flexibility index (Phi) is 5.45. The van der Waals surface area contributed by atoms with Gasteiger partial charge in [0.25, 0.3) is 0 Å². The fraction of sp³-hybridized carbons (Fsp3) is 0.429. The molecule has 0 unspecified atom stereocenters. The third kappa shape index (κ3) is 4.35. The highest BCUT2D eigenvalue weighted by Gasteiger charge is 2.18. The van der Waals surface area contributed by atoms with Gasteiger partial charge in [0.05, 0.1) is 11.5 Å². The van der Waals surface area contributed by atoms with Crippen LogP contribution in [0.1, 0.15) is 23.2 Å². The van der Waals surface area contributed by atoms with Crippen LogP contribution in [0.5, 0.6) is 0 Å². The van der Waals surface area contributed by atoms with Crippen LogP contribution in [0.4, 0.5) is 0 Å². The highest BCUT2D eigenvalue weighted by atomic mass is 79.9. The van der Waals surface area contributed by atoms with Crippen molar-refractivity contribution in [1.82, 2.24) is 4.90 Å². The monoisotopic (exact) mass is 341 g/mol. The molecule has 1 aliphatic heterocycles. The Morgan fingerprint density at radius 3 is 2.63 bits per heavy atom. The smallest absolute Gasteiger partial charge is 0.232 e. The molecule has 0 spiro atoms. The lowest BCUT2D eigenvalue weighted by Gasteiger charge is -2.14. The van der Waals surface area contributed by atoms with Crippen LogP contribution in [0.25, 0.3) is 0 Å². The van der Waals surface area contributed by atoms with Gasteiger partial charge in [-0.2, -0.15) is 0 Å². The SMILES string of the molecule is O=C(CSCC(=O)N1CCCC1)c1cccc(Br)c1. The summed E-state index contributed by atoms with van der Waals surface area (Å²) in [5.41, 5.74) is 0.690. The Hall–Kier alpha value is -0.810. The number of nitrogens with zero attached hydrogens (tertiary/aromatic N) is 1. The van der Waals surface area contributed by atoms with Crippen LogP contribution < -0.4 is 0 Å². The van der Waals surface area contributed by atoms with Crippen molar-refractivity contribution in [2.24, 2.45) is 0 Å². The van der Waals surface area contributed by atoms with Crippen molar-refractivity contribution in [2.75, 3.05) is 24.6 Å². The first kappa shape index (κ1) is 14.6. The van der Waals surface area contributed by atoms with Gasteiger partial charge >= 0.3 is 0 Å². The van der Waals surface area contributed by atoms with Crippen LogP contribution in [-0.2, 0) is 4.79 Å². The summed E-state index contributed by atoms with van der Waals surface area (Å²) >= 11 is 4.75. The fourth-order valence-corrected chi connectivity index (χ4v) is 3.24. The topological polar surface area (TPSA) is 37.4 Å². The lowest BCUT2D eigenvalue weighted by Crippen LogP contribution is -2.29. The number of hydrogen-bond acceptors (Lipinski definition) is 3. The van der Waals surface area contributed by atoms with Crippen molar-refractivity contribution >= 4 is 39.4 Å². The zero-order valence-electron chi connectivity index (χ0n) is 10.6. The first-order chi connectivity index (χ1) is 9.16. The molecule has 1 aromatic carbocycles. The molecule has 1 aliphatic rings. The standard InChI is InChI=1S/C14H16BrNO2S/c15-12-5-3-4-11(8-12)13(17)9-19-10-14(18)16-6-1-2-7-16/h3-5,8H,1-2,6-7,9-10H2. The van der Waals surface area contributed by atoms with Gasteiger partial charge < -0.3 is 4.90 Å². The highest BCUT2D eigenvalue weighted by molar-refractivity contribution is 9.10. The minimum absolute atomic E-state index is 0.0699. The van der Waals surface area contributed by atoms with Crippen LogP contribution in [0.3, 0.4) is 0 Å². The molecule has 3 nitrogen and oxygen atoms in total. The summed E-state index contributed by atoms with van der Waals surface area (Å²) in [5.74, 6) is 0.987. The number of carbonyl (C=O) groups is 2. The maximum absolute atomic E-state index is 11.9. The van der Waals surface area contributed by atoms with E-state index < -0.39 is 0 Å². The van der Waals surface area contributed by atoms with Crippen molar-refractivity contribution < 1.29 is 9.59 Å². The highest BCUT2D eigenvalue weighted by Crippen LogP contribution is 2.15.